The van der Waals surface area contributed by atoms with E-state index in [1.54, 1.807) is 6.08 Å². The molecule has 0 atom stereocenters. The van der Waals surface area contributed by atoms with E-state index in [0.717, 1.165) is 0 Å². The maximum atomic E-state index is 5.34. The smallest absolute Gasteiger partial charge is 0.00424 e. The number of allylic oxidation sites excluding steroid dienone is 2. The molecule has 1 rings (SSSR count). The van der Waals surface area contributed by atoms with Crippen LogP contribution in [0.2, 0.25) is 0 Å². The van der Waals surface area contributed by atoms with Gasteiger partial charge in [0.05, 0.1) is 0 Å². The summed E-state index contributed by atoms with van der Waals surface area (Å²) in [7, 11) is 0. The van der Waals surface area contributed by atoms with Gasteiger partial charge in [0.25, 0.3) is 0 Å². The Morgan fingerprint density at radius 1 is 1.00 bits per heavy atom. The van der Waals surface area contributed by atoms with Gasteiger partial charge >= 0.3 is 0 Å². The lowest BCUT2D eigenvalue weighted by atomic mass is 10.2. The Bertz CT molecular complexity index is 247. The van der Waals surface area contributed by atoms with Gasteiger partial charge in [0.1, 0.15) is 0 Å². The molecule has 0 saturated carbocycles. The molecule has 0 saturated heterocycles. The van der Waals surface area contributed by atoms with Gasteiger partial charge in [-0.25, -0.2) is 0 Å². The minimum absolute atomic E-state index is 1.18. The van der Waals surface area contributed by atoms with E-state index < -0.39 is 0 Å². The van der Waals surface area contributed by atoms with Crippen LogP contribution in [0, 0.1) is 0 Å². The van der Waals surface area contributed by atoms with E-state index in [9.17, 15) is 0 Å². The first-order chi connectivity index (χ1) is 5.43. The summed E-state index contributed by atoms with van der Waals surface area (Å²) in [5.41, 5.74) is 2.67. The van der Waals surface area contributed by atoms with Crippen LogP contribution in [0.3, 0.4) is 0 Å². The van der Waals surface area contributed by atoms with Gasteiger partial charge in [0, 0.05) is 5.54 Å². The summed E-state index contributed by atoms with van der Waals surface area (Å²) in [5.74, 6) is 0. The minimum atomic E-state index is 1.18. The van der Waals surface area contributed by atoms with Crippen LogP contribution in [0.15, 0.2) is 48.0 Å². The molecule has 0 N–H and O–H groups in total. The van der Waals surface area contributed by atoms with Gasteiger partial charge in [-0.05, 0) is 5.56 Å². The molecule has 0 heterocycles. The molecule has 0 spiro atoms. The van der Waals surface area contributed by atoms with Crippen LogP contribution in [0.25, 0.3) is 6.08 Å². The SMILES string of the molecule is ClC=C/C=C/c1ccccc1. The highest BCUT2D eigenvalue weighted by molar-refractivity contribution is 6.25. The predicted octanol–water partition coefficient (Wildman–Crippen LogP) is 3.45. The van der Waals surface area contributed by atoms with Crippen LogP contribution in [0.1, 0.15) is 5.56 Å². The lowest BCUT2D eigenvalue weighted by molar-refractivity contribution is 1.66. The van der Waals surface area contributed by atoms with Gasteiger partial charge in [-0.15, -0.1) is 0 Å². The van der Waals surface area contributed by atoms with Gasteiger partial charge in [-0.1, -0.05) is 60.2 Å². The van der Waals surface area contributed by atoms with Crippen molar-refractivity contribution in [3.8, 4) is 0 Å². The number of hydrogen-bond acceptors (Lipinski definition) is 0. The Morgan fingerprint density at radius 3 is 2.36 bits per heavy atom. The zero-order valence-electron chi connectivity index (χ0n) is 6.07. The van der Waals surface area contributed by atoms with Crippen molar-refractivity contribution in [2.75, 3.05) is 0 Å². The molecule has 0 amide bonds. The zero-order chi connectivity index (χ0) is 7.94. The van der Waals surface area contributed by atoms with Gasteiger partial charge in [0.2, 0.25) is 0 Å². The van der Waals surface area contributed by atoms with Crippen LogP contribution in [-0.4, -0.2) is 0 Å². The molecule has 0 aliphatic heterocycles. The Hall–Kier alpha value is -1.01. The van der Waals surface area contributed by atoms with Gasteiger partial charge in [-0.2, -0.15) is 0 Å². The largest absolute Gasteiger partial charge is 0.0930 e. The summed E-state index contributed by atoms with van der Waals surface area (Å²) >= 11 is 5.34. The molecule has 0 aliphatic rings. The predicted molar refractivity (Wildman–Crippen MR) is 50.5 cm³/mol. The number of halogens is 1. The average Bonchev–Trinajstić information content (AvgIpc) is 2.07. The first-order valence-electron chi connectivity index (χ1n) is 3.42. The summed E-state index contributed by atoms with van der Waals surface area (Å²) in [6, 6.07) is 10.1. The van der Waals surface area contributed by atoms with Crippen molar-refractivity contribution in [2.45, 2.75) is 0 Å². The Labute approximate surface area is 71.8 Å². The molecule has 0 unspecified atom stereocenters. The van der Waals surface area contributed by atoms with Crippen molar-refractivity contribution in [2.24, 2.45) is 0 Å². The highest BCUT2D eigenvalue weighted by Gasteiger charge is 1.78. The second kappa shape index (κ2) is 4.75. The van der Waals surface area contributed by atoms with Gasteiger partial charge in [0.15, 0.2) is 0 Å². The highest BCUT2D eigenvalue weighted by atomic mass is 35.5. The lowest BCUT2D eigenvalue weighted by Crippen LogP contribution is -1.66. The van der Waals surface area contributed by atoms with E-state index in [1.165, 1.54) is 11.1 Å². The first kappa shape index (κ1) is 8.09. The standard InChI is InChI=1S/C10H9Cl/c11-9-5-4-8-10-6-2-1-3-7-10/h1-9H/b8-4+,9-5?. The molecule has 0 nitrogen and oxygen atoms in total. The maximum Gasteiger partial charge on any atom is 0.00424 e. The third-order valence-electron chi connectivity index (χ3n) is 1.27. The fourth-order valence-corrected chi connectivity index (χ4v) is 0.857. The van der Waals surface area contributed by atoms with Crippen molar-refractivity contribution in [1.82, 2.24) is 0 Å². The van der Waals surface area contributed by atoms with Crippen molar-refractivity contribution in [1.29, 1.82) is 0 Å². The fraction of sp³-hybridized carbons (Fsp3) is 0. The zero-order valence-corrected chi connectivity index (χ0v) is 6.83. The summed E-state index contributed by atoms with van der Waals surface area (Å²) in [5, 5.41) is 0. The van der Waals surface area contributed by atoms with Gasteiger partial charge < -0.3 is 0 Å². The summed E-state index contributed by atoms with van der Waals surface area (Å²) in [6.45, 7) is 0. The van der Waals surface area contributed by atoms with Gasteiger partial charge in [-0.3, -0.25) is 0 Å². The quantitative estimate of drug-likeness (QED) is 0.588. The third-order valence-corrected chi connectivity index (χ3v) is 1.42. The second-order valence-corrected chi connectivity index (χ2v) is 2.34. The van der Waals surface area contributed by atoms with Crippen LogP contribution in [0.5, 0.6) is 0 Å². The van der Waals surface area contributed by atoms with E-state index in [2.05, 4.69) is 0 Å². The van der Waals surface area contributed by atoms with E-state index in [0.29, 0.717) is 0 Å². The topological polar surface area (TPSA) is 0 Å². The molecule has 0 bridgehead atoms. The highest BCUT2D eigenvalue weighted by Crippen LogP contribution is 2.00. The minimum Gasteiger partial charge on any atom is -0.0930 e. The Kier molecular flexibility index (Phi) is 3.49. The maximum absolute atomic E-state index is 5.34. The van der Waals surface area contributed by atoms with Crippen LogP contribution in [-0.2, 0) is 0 Å². The number of rotatable bonds is 2. The van der Waals surface area contributed by atoms with Crippen LogP contribution in [0.4, 0.5) is 0 Å². The average molecular weight is 165 g/mol. The van der Waals surface area contributed by atoms with E-state index in [4.69, 9.17) is 11.6 Å². The molecule has 0 aromatic heterocycles. The molecule has 0 aliphatic carbocycles. The third kappa shape index (κ3) is 3.06. The summed E-state index contributed by atoms with van der Waals surface area (Å²) in [4.78, 5) is 0. The fourth-order valence-electron chi connectivity index (χ4n) is 0.773. The second-order valence-electron chi connectivity index (χ2n) is 2.09. The van der Waals surface area contributed by atoms with E-state index >= 15 is 0 Å². The molecule has 56 valence electrons. The number of benzene rings is 1. The Morgan fingerprint density at radius 2 is 1.73 bits per heavy atom. The van der Waals surface area contributed by atoms with Crippen molar-refractivity contribution < 1.29 is 0 Å². The normalized spacial score (nSPS) is 11.4. The lowest BCUT2D eigenvalue weighted by Gasteiger charge is -1.87. The van der Waals surface area contributed by atoms with Crippen molar-refractivity contribution >= 4 is 17.7 Å². The molecular weight excluding hydrogens is 156 g/mol. The molecular formula is C10H9Cl. The Balaban J connectivity index is 2.64. The summed E-state index contributed by atoms with van der Waals surface area (Å²) < 4.78 is 0. The molecule has 1 aromatic carbocycles. The van der Waals surface area contributed by atoms with Crippen LogP contribution >= 0.6 is 11.6 Å². The molecule has 1 aromatic rings. The summed E-state index contributed by atoms with van der Waals surface area (Å²) in [6.07, 6.45) is 5.69. The molecule has 1 heteroatoms. The van der Waals surface area contributed by atoms with Crippen LogP contribution < -0.4 is 0 Å². The first-order valence-corrected chi connectivity index (χ1v) is 3.85. The van der Waals surface area contributed by atoms with E-state index in [1.807, 2.05) is 42.5 Å². The number of hydrogen-bond donors (Lipinski definition) is 0. The van der Waals surface area contributed by atoms with Crippen molar-refractivity contribution in [3.63, 3.8) is 0 Å². The van der Waals surface area contributed by atoms with Crippen molar-refractivity contribution in [3.05, 3.63) is 53.6 Å². The molecule has 11 heavy (non-hydrogen) atoms. The monoisotopic (exact) mass is 164 g/mol. The van der Waals surface area contributed by atoms with E-state index in [-0.39, 0.29) is 0 Å². The molecule has 0 radical (unpaired) electrons. The molecule has 0 fully saturated rings.